The second kappa shape index (κ2) is 8.31. The van der Waals surface area contributed by atoms with E-state index >= 15 is 0 Å². The number of ether oxygens (including phenoxy) is 1. The molecule has 0 aliphatic carbocycles. The molecule has 0 N–H and O–H groups in total. The van der Waals surface area contributed by atoms with E-state index in [0.717, 1.165) is 36.1 Å². The van der Waals surface area contributed by atoms with E-state index in [0.29, 0.717) is 31.3 Å². The van der Waals surface area contributed by atoms with Crippen LogP contribution in [-0.4, -0.2) is 70.2 Å². The zero-order chi connectivity index (χ0) is 19.3. The zero-order valence-electron chi connectivity index (χ0n) is 15.9. The van der Waals surface area contributed by atoms with Crippen LogP contribution in [0.3, 0.4) is 0 Å². The Kier molecular flexibility index (Phi) is 5.43. The lowest BCUT2D eigenvalue weighted by Crippen LogP contribution is -2.49. The first-order valence-corrected chi connectivity index (χ1v) is 9.49. The average molecular weight is 377 g/mol. The Morgan fingerprint density at radius 1 is 1.04 bits per heavy atom. The summed E-state index contributed by atoms with van der Waals surface area (Å²) in [6.45, 7) is 6.26. The third-order valence-electron chi connectivity index (χ3n) is 4.97. The number of hydrogen-bond donors (Lipinski definition) is 0. The van der Waals surface area contributed by atoms with E-state index in [1.54, 1.807) is 6.20 Å². The minimum Gasteiger partial charge on any atom is -0.475 e. The molecule has 1 fully saturated rings. The molecule has 1 saturated heterocycles. The molecule has 3 aromatic rings. The number of pyridine rings is 1. The first kappa shape index (κ1) is 18.3. The van der Waals surface area contributed by atoms with Gasteiger partial charge in [0.1, 0.15) is 12.3 Å². The summed E-state index contributed by atoms with van der Waals surface area (Å²) in [6, 6.07) is 13.5. The van der Waals surface area contributed by atoms with Gasteiger partial charge in [0.2, 0.25) is 5.88 Å². The van der Waals surface area contributed by atoms with Gasteiger partial charge in [0.15, 0.2) is 0 Å². The highest BCUT2D eigenvalue weighted by atomic mass is 16.5. The summed E-state index contributed by atoms with van der Waals surface area (Å²) in [5.74, 6) is 0.545. The number of carbonyl (C=O) groups is 1. The highest BCUT2D eigenvalue weighted by Crippen LogP contribution is 2.18. The fourth-order valence-corrected chi connectivity index (χ4v) is 3.36. The van der Waals surface area contributed by atoms with Gasteiger partial charge in [-0.15, -0.1) is 5.10 Å². The summed E-state index contributed by atoms with van der Waals surface area (Å²) in [5.41, 5.74) is 1.40. The van der Waals surface area contributed by atoms with Gasteiger partial charge in [0.25, 0.3) is 5.91 Å². The minimum absolute atomic E-state index is 0.00243. The fraction of sp³-hybridized carbons (Fsp3) is 0.333. The van der Waals surface area contributed by atoms with E-state index in [-0.39, 0.29) is 5.91 Å². The van der Waals surface area contributed by atoms with Crippen molar-refractivity contribution >= 4 is 16.7 Å². The predicted octanol–water partition coefficient (Wildman–Crippen LogP) is 2.17. The molecule has 1 amide bonds. The average Bonchev–Trinajstić information content (AvgIpc) is 2.75. The van der Waals surface area contributed by atoms with Crippen molar-refractivity contribution in [1.29, 1.82) is 0 Å². The Morgan fingerprint density at radius 3 is 2.64 bits per heavy atom. The van der Waals surface area contributed by atoms with E-state index in [1.807, 2.05) is 54.3 Å². The standard InChI is InChI=1S/C21H23N5O2/c1-16-6-7-19(24-23-16)28-15-14-25-10-12-26(13-11-25)21(27)20-18-5-3-2-4-17(18)8-9-22-20/h2-9H,10-15H2,1H3. The summed E-state index contributed by atoms with van der Waals surface area (Å²) in [5, 5.41) is 9.93. The largest absolute Gasteiger partial charge is 0.475 e. The Hall–Kier alpha value is -3.06. The lowest BCUT2D eigenvalue weighted by molar-refractivity contribution is 0.0615. The molecule has 1 aliphatic heterocycles. The van der Waals surface area contributed by atoms with Gasteiger partial charge in [-0.1, -0.05) is 24.3 Å². The topological polar surface area (TPSA) is 71.5 Å². The maximum atomic E-state index is 13.0. The van der Waals surface area contributed by atoms with Crippen LogP contribution in [0.25, 0.3) is 10.8 Å². The van der Waals surface area contributed by atoms with Gasteiger partial charge in [-0.25, -0.2) is 0 Å². The first-order chi connectivity index (χ1) is 13.7. The molecular formula is C21H23N5O2. The van der Waals surface area contributed by atoms with E-state index in [4.69, 9.17) is 4.74 Å². The van der Waals surface area contributed by atoms with E-state index in [2.05, 4.69) is 20.1 Å². The normalized spacial score (nSPS) is 15.0. The van der Waals surface area contributed by atoms with Crippen LogP contribution in [0.2, 0.25) is 0 Å². The molecule has 1 aliphatic rings. The zero-order valence-corrected chi connectivity index (χ0v) is 15.9. The molecule has 7 heteroatoms. The molecule has 0 bridgehead atoms. The van der Waals surface area contributed by atoms with Gasteiger partial charge >= 0.3 is 0 Å². The lowest BCUT2D eigenvalue weighted by Gasteiger charge is -2.34. The van der Waals surface area contributed by atoms with Crippen molar-refractivity contribution in [2.24, 2.45) is 0 Å². The number of hydrogen-bond acceptors (Lipinski definition) is 6. The van der Waals surface area contributed by atoms with Crippen molar-refractivity contribution in [2.45, 2.75) is 6.92 Å². The smallest absolute Gasteiger partial charge is 0.273 e. The van der Waals surface area contributed by atoms with E-state index in [9.17, 15) is 4.79 Å². The van der Waals surface area contributed by atoms with Crippen LogP contribution in [0, 0.1) is 6.92 Å². The molecule has 7 nitrogen and oxygen atoms in total. The number of fused-ring (bicyclic) bond motifs is 1. The number of rotatable bonds is 5. The number of carbonyl (C=O) groups excluding carboxylic acids is 1. The van der Waals surface area contributed by atoms with Crippen molar-refractivity contribution in [1.82, 2.24) is 25.0 Å². The number of piperazine rings is 1. The Morgan fingerprint density at radius 2 is 1.86 bits per heavy atom. The van der Waals surface area contributed by atoms with Crippen molar-refractivity contribution in [2.75, 3.05) is 39.3 Å². The molecule has 0 atom stereocenters. The van der Waals surface area contributed by atoms with Crippen LogP contribution < -0.4 is 4.74 Å². The van der Waals surface area contributed by atoms with E-state index in [1.165, 1.54) is 0 Å². The molecule has 28 heavy (non-hydrogen) atoms. The molecule has 0 radical (unpaired) electrons. The molecule has 0 spiro atoms. The quantitative estimate of drug-likeness (QED) is 0.679. The molecule has 0 saturated carbocycles. The van der Waals surface area contributed by atoms with Crippen molar-refractivity contribution in [3.8, 4) is 5.88 Å². The number of nitrogens with zero attached hydrogens (tertiary/aromatic N) is 5. The number of benzene rings is 1. The van der Waals surface area contributed by atoms with Crippen LogP contribution in [0.1, 0.15) is 16.2 Å². The van der Waals surface area contributed by atoms with Crippen molar-refractivity contribution < 1.29 is 9.53 Å². The minimum atomic E-state index is 0.00243. The Labute approximate surface area is 164 Å². The first-order valence-electron chi connectivity index (χ1n) is 9.49. The molecule has 2 aromatic heterocycles. The van der Waals surface area contributed by atoms with Crippen LogP contribution in [0.5, 0.6) is 5.88 Å². The second-order valence-corrected chi connectivity index (χ2v) is 6.88. The molecule has 1 aromatic carbocycles. The molecular weight excluding hydrogens is 354 g/mol. The van der Waals surface area contributed by atoms with Gasteiger partial charge < -0.3 is 9.64 Å². The SMILES string of the molecule is Cc1ccc(OCCN2CCN(C(=O)c3nccc4ccccc34)CC2)nn1. The molecule has 3 heterocycles. The monoisotopic (exact) mass is 377 g/mol. The summed E-state index contributed by atoms with van der Waals surface area (Å²) >= 11 is 0. The van der Waals surface area contributed by atoms with Gasteiger partial charge in [-0.05, 0) is 24.4 Å². The van der Waals surface area contributed by atoms with Crippen LogP contribution in [0.4, 0.5) is 0 Å². The summed E-state index contributed by atoms with van der Waals surface area (Å²) in [6.07, 6.45) is 1.71. The third kappa shape index (κ3) is 4.09. The summed E-state index contributed by atoms with van der Waals surface area (Å²) in [7, 11) is 0. The maximum Gasteiger partial charge on any atom is 0.273 e. The number of amides is 1. The number of aromatic nitrogens is 3. The maximum absolute atomic E-state index is 13.0. The Bertz CT molecular complexity index is 947. The van der Waals surface area contributed by atoms with Crippen LogP contribution in [0.15, 0.2) is 48.7 Å². The highest BCUT2D eigenvalue weighted by molar-refractivity contribution is 6.05. The fourth-order valence-electron chi connectivity index (χ4n) is 3.36. The summed E-state index contributed by atoms with van der Waals surface area (Å²) in [4.78, 5) is 21.5. The molecule has 0 unspecified atom stereocenters. The Balaban J connectivity index is 1.30. The predicted molar refractivity (Wildman–Crippen MR) is 106 cm³/mol. The van der Waals surface area contributed by atoms with Crippen molar-refractivity contribution in [3.63, 3.8) is 0 Å². The van der Waals surface area contributed by atoms with Crippen LogP contribution in [-0.2, 0) is 0 Å². The number of aryl methyl sites for hydroxylation is 1. The third-order valence-corrected chi connectivity index (χ3v) is 4.97. The second-order valence-electron chi connectivity index (χ2n) is 6.88. The van der Waals surface area contributed by atoms with Crippen molar-refractivity contribution in [3.05, 3.63) is 60.0 Å². The van der Waals surface area contributed by atoms with Gasteiger partial charge in [0.05, 0.1) is 5.69 Å². The van der Waals surface area contributed by atoms with Gasteiger partial charge in [-0.2, -0.15) is 5.10 Å². The van der Waals surface area contributed by atoms with Gasteiger partial charge in [-0.3, -0.25) is 14.7 Å². The summed E-state index contributed by atoms with van der Waals surface area (Å²) < 4.78 is 5.65. The van der Waals surface area contributed by atoms with Gasteiger partial charge in [0, 0.05) is 50.4 Å². The highest BCUT2D eigenvalue weighted by Gasteiger charge is 2.24. The van der Waals surface area contributed by atoms with E-state index < -0.39 is 0 Å². The molecule has 144 valence electrons. The lowest BCUT2D eigenvalue weighted by atomic mass is 10.1. The van der Waals surface area contributed by atoms with Crippen LogP contribution >= 0.6 is 0 Å². The molecule has 4 rings (SSSR count).